The van der Waals surface area contributed by atoms with Gasteiger partial charge in [-0.25, -0.2) is 0 Å². The standard InChI is InChI=1S/C17H24O/c1-14(2)9-8-12-17(15(3)4)18-13-16-10-6-5-7-11-16/h5-7,10-11H,1,8-9,12-13H2,2-4H3. The molecule has 1 aromatic rings. The molecule has 0 N–H and O–H groups in total. The Morgan fingerprint density at radius 1 is 1.06 bits per heavy atom. The second kappa shape index (κ2) is 7.75. The van der Waals surface area contributed by atoms with Gasteiger partial charge < -0.3 is 4.74 Å². The van der Waals surface area contributed by atoms with E-state index >= 15 is 0 Å². The van der Waals surface area contributed by atoms with Crippen LogP contribution in [0.3, 0.4) is 0 Å². The molecule has 0 radical (unpaired) electrons. The normalized spacial score (nSPS) is 9.94. The molecule has 0 saturated heterocycles. The lowest BCUT2D eigenvalue weighted by molar-refractivity contribution is 0.184. The quantitative estimate of drug-likeness (QED) is 0.470. The van der Waals surface area contributed by atoms with Crippen LogP contribution in [-0.2, 0) is 11.3 Å². The summed E-state index contributed by atoms with van der Waals surface area (Å²) in [5.74, 6) is 1.13. The van der Waals surface area contributed by atoms with E-state index in [-0.39, 0.29) is 0 Å². The van der Waals surface area contributed by atoms with Crippen molar-refractivity contribution in [2.24, 2.45) is 0 Å². The van der Waals surface area contributed by atoms with E-state index in [1.54, 1.807) is 0 Å². The fourth-order valence-electron chi connectivity index (χ4n) is 1.76. The minimum atomic E-state index is 0.661. The fourth-order valence-corrected chi connectivity index (χ4v) is 1.76. The largest absolute Gasteiger partial charge is 0.493 e. The Hall–Kier alpha value is -1.50. The van der Waals surface area contributed by atoms with Crippen LogP contribution in [0.2, 0.25) is 0 Å². The number of allylic oxidation sites excluding steroid dienone is 3. The summed E-state index contributed by atoms with van der Waals surface area (Å²) >= 11 is 0. The van der Waals surface area contributed by atoms with Gasteiger partial charge >= 0.3 is 0 Å². The molecule has 0 unspecified atom stereocenters. The van der Waals surface area contributed by atoms with E-state index in [1.807, 2.05) is 18.2 Å². The monoisotopic (exact) mass is 244 g/mol. The molecular weight excluding hydrogens is 220 g/mol. The molecule has 0 aliphatic rings. The molecule has 0 saturated carbocycles. The minimum absolute atomic E-state index is 0.661. The zero-order valence-corrected chi connectivity index (χ0v) is 11.8. The van der Waals surface area contributed by atoms with Crippen molar-refractivity contribution in [3.8, 4) is 0 Å². The van der Waals surface area contributed by atoms with Gasteiger partial charge in [-0.05, 0) is 44.7 Å². The van der Waals surface area contributed by atoms with Crippen molar-refractivity contribution in [3.05, 3.63) is 59.4 Å². The molecule has 0 atom stereocenters. The SMILES string of the molecule is C=C(C)CCCC(OCc1ccccc1)=C(C)C. The molecule has 1 heteroatoms. The summed E-state index contributed by atoms with van der Waals surface area (Å²) < 4.78 is 5.92. The van der Waals surface area contributed by atoms with Crippen LogP contribution in [0.5, 0.6) is 0 Å². The van der Waals surface area contributed by atoms with Gasteiger partial charge in [0, 0.05) is 6.42 Å². The molecule has 0 aliphatic heterocycles. The average Bonchev–Trinajstić information content (AvgIpc) is 2.34. The second-order valence-electron chi connectivity index (χ2n) is 5.01. The Morgan fingerprint density at radius 3 is 2.28 bits per heavy atom. The van der Waals surface area contributed by atoms with Crippen LogP contribution < -0.4 is 0 Å². The second-order valence-corrected chi connectivity index (χ2v) is 5.01. The summed E-state index contributed by atoms with van der Waals surface area (Å²) in [6, 6.07) is 10.3. The van der Waals surface area contributed by atoms with Gasteiger partial charge in [-0.2, -0.15) is 0 Å². The number of rotatable bonds is 7. The van der Waals surface area contributed by atoms with Crippen LogP contribution in [-0.4, -0.2) is 0 Å². The van der Waals surface area contributed by atoms with E-state index in [2.05, 4.69) is 39.5 Å². The lowest BCUT2D eigenvalue weighted by Crippen LogP contribution is -1.96. The topological polar surface area (TPSA) is 9.23 Å². The molecule has 18 heavy (non-hydrogen) atoms. The molecule has 0 aliphatic carbocycles. The highest BCUT2D eigenvalue weighted by Gasteiger charge is 2.02. The molecule has 0 amide bonds. The first kappa shape index (κ1) is 14.6. The van der Waals surface area contributed by atoms with Crippen LogP contribution in [0, 0.1) is 0 Å². The molecule has 1 nitrogen and oxygen atoms in total. The predicted molar refractivity (Wildman–Crippen MR) is 78.3 cm³/mol. The Balaban J connectivity index is 2.45. The van der Waals surface area contributed by atoms with Gasteiger partial charge in [0.1, 0.15) is 6.61 Å². The van der Waals surface area contributed by atoms with Gasteiger partial charge in [-0.3, -0.25) is 0 Å². The lowest BCUT2D eigenvalue weighted by Gasteiger charge is -2.13. The summed E-state index contributed by atoms with van der Waals surface area (Å²) in [5.41, 5.74) is 3.73. The van der Waals surface area contributed by atoms with E-state index in [9.17, 15) is 0 Å². The van der Waals surface area contributed by atoms with E-state index in [4.69, 9.17) is 4.74 Å². The third-order valence-electron chi connectivity index (χ3n) is 2.82. The first-order valence-electron chi connectivity index (χ1n) is 6.57. The number of hydrogen-bond donors (Lipinski definition) is 0. The maximum Gasteiger partial charge on any atom is 0.113 e. The van der Waals surface area contributed by atoms with Crippen molar-refractivity contribution < 1.29 is 4.74 Å². The molecule has 0 aromatic heterocycles. The van der Waals surface area contributed by atoms with Crippen molar-refractivity contribution in [2.75, 3.05) is 0 Å². The lowest BCUT2D eigenvalue weighted by atomic mass is 10.1. The highest BCUT2D eigenvalue weighted by molar-refractivity contribution is 5.14. The molecule has 1 aromatic carbocycles. The maximum absolute atomic E-state index is 5.92. The van der Waals surface area contributed by atoms with Crippen LogP contribution >= 0.6 is 0 Å². The Bertz CT molecular complexity index is 397. The molecule has 1 rings (SSSR count). The summed E-state index contributed by atoms with van der Waals surface area (Å²) in [6.45, 7) is 10.9. The summed E-state index contributed by atoms with van der Waals surface area (Å²) in [4.78, 5) is 0. The Kier molecular flexibility index (Phi) is 6.27. The Morgan fingerprint density at radius 2 is 1.72 bits per heavy atom. The third kappa shape index (κ3) is 5.72. The van der Waals surface area contributed by atoms with Crippen LogP contribution in [0.25, 0.3) is 0 Å². The van der Waals surface area contributed by atoms with Crippen molar-refractivity contribution in [1.82, 2.24) is 0 Å². The van der Waals surface area contributed by atoms with Gasteiger partial charge in [0.2, 0.25) is 0 Å². The number of hydrogen-bond acceptors (Lipinski definition) is 1. The van der Waals surface area contributed by atoms with E-state index in [1.165, 1.54) is 16.7 Å². The molecular formula is C17H24O. The fraction of sp³-hybridized carbons (Fsp3) is 0.412. The predicted octanol–water partition coefficient (Wildman–Crippen LogP) is 5.24. The van der Waals surface area contributed by atoms with Crippen LogP contribution in [0.4, 0.5) is 0 Å². The first-order valence-corrected chi connectivity index (χ1v) is 6.57. The van der Waals surface area contributed by atoms with E-state index in [0.717, 1.165) is 25.0 Å². The minimum Gasteiger partial charge on any atom is -0.493 e. The van der Waals surface area contributed by atoms with Gasteiger partial charge in [0.25, 0.3) is 0 Å². The van der Waals surface area contributed by atoms with Crippen LogP contribution in [0.15, 0.2) is 53.8 Å². The number of benzene rings is 1. The zero-order valence-electron chi connectivity index (χ0n) is 11.8. The van der Waals surface area contributed by atoms with Crippen molar-refractivity contribution in [3.63, 3.8) is 0 Å². The Labute approximate surface area is 111 Å². The molecule has 0 fully saturated rings. The summed E-state index contributed by atoms with van der Waals surface area (Å²) in [7, 11) is 0. The third-order valence-corrected chi connectivity index (χ3v) is 2.82. The van der Waals surface area contributed by atoms with Crippen LogP contribution in [0.1, 0.15) is 45.6 Å². The van der Waals surface area contributed by atoms with Crippen molar-refractivity contribution in [2.45, 2.75) is 46.6 Å². The smallest absolute Gasteiger partial charge is 0.113 e. The van der Waals surface area contributed by atoms with Crippen molar-refractivity contribution >= 4 is 0 Å². The van der Waals surface area contributed by atoms with E-state index < -0.39 is 0 Å². The zero-order chi connectivity index (χ0) is 13.4. The number of ether oxygens (including phenoxy) is 1. The summed E-state index contributed by atoms with van der Waals surface area (Å²) in [6.07, 6.45) is 3.19. The maximum atomic E-state index is 5.92. The summed E-state index contributed by atoms with van der Waals surface area (Å²) in [5, 5.41) is 0. The highest BCUT2D eigenvalue weighted by atomic mass is 16.5. The molecule has 98 valence electrons. The van der Waals surface area contributed by atoms with Gasteiger partial charge in [0.05, 0.1) is 5.76 Å². The molecule has 0 bridgehead atoms. The van der Waals surface area contributed by atoms with Gasteiger partial charge in [0.15, 0.2) is 0 Å². The van der Waals surface area contributed by atoms with Crippen molar-refractivity contribution in [1.29, 1.82) is 0 Å². The van der Waals surface area contributed by atoms with Gasteiger partial charge in [-0.15, -0.1) is 6.58 Å². The highest BCUT2D eigenvalue weighted by Crippen LogP contribution is 2.17. The molecule has 0 heterocycles. The van der Waals surface area contributed by atoms with Gasteiger partial charge in [-0.1, -0.05) is 35.9 Å². The van der Waals surface area contributed by atoms with E-state index in [0.29, 0.717) is 6.61 Å². The average molecular weight is 244 g/mol. The molecule has 0 spiro atoms. The first-order chi connectivity index (χ1) is 8.59.